The minimum Gasteiger partial charge on any atom is -0.305 e. The molecule has 6 nitrogen and oxygen atoms in total. The first-order valence-corrected chi connectivity index (χ1v) is 8.54. The van der Waals surface area contributed by atoms with E-state index in [0.29, 0.717) is 24.2 Å². The van der Waals surface area contributed by atoms with Gasteiger partial charge in [-0.05, 0) is 48.2 Å². The number of pyridine rings is 1. The number of nitrogens with zero attached hydrogens (tertiary/aromatic N) is 3. The molecule has 1 amide bonds. The lowest BCUT2D eigenvalue weighted by Gasteiger charge is -2.08. The molecule has 3 rings (SSSR count). The normalized spacial score (nSPS) is 10.6. The van der Waals surface area contributed by atoms with Crippen LogP contribution in [0.2, 0.25) is 0 Å². The topological polar surface area (TPSA) is 76.9 Å². The lowest BCUT2D eigenvalue weighted by atomic mass is 10.1. The highest BCUT2D eigenvalue weighted by Crippen LogP contribution is 2.13. The summed E-state index contributed by atoms with van der Waals surface area (Å²) in [5, 5.41) is 6.66. The van der Waals surface area contributed by atoms with E-state index in [0.717, 1.165) is 15.8 Å². The van der Waals surface area contributed by atoms with Gasteiger partial charge in [-0.2, -0.15) is 5.10 Å². The number of aryl methyl sites for hydroxylation is 2. The van der Waals surface area contributed by atoms with E-state index >= 15 is 0 Å². The molecule has 0 aliphatic rings. The number of benzene rings is 1. The molecule has 0 saturated heterocycles. The van der Waals surface area contributed by atoms with Crippen molar-refractivity contribution in [1.29, 1.82) is 0 Å². The second-order valence-corrected chi connectivity index (χ2v) is 6.15. The zero-order valence-corrected chi connectivity index (χ0v) is 15.1. The predicted octanol–water partition coefficient (Wildman–Crippen LogP) is 2.72. The van der Waals surface area contributed by atoms with Gasteiger partial charge in [-0.15, -0.1) is 0 Å². The number of amides is 1. The number of hydrogen-bond donors (Lipinski definition) is 1. The Balaban J connectivity index is 1.72. The molecule has 1 aromatic carbocycles. The van der Waals surface area contributed by atoms with Crippen molar-refractivity contribution in [3.05, 3.63) is 87.2 Å². The van der Waals surface area contributed by atoms with Gasteiger partial charge in [-0.1, -0.05) is 25.1 Å². The van der Waals surface area contributed by atoms with E-state index < -0.39 is 5.91 Å². The van der Waals surface area contributed by atoms with E-state index in [9.17, 15) is 14.0 Å². The maximum absolute atomic E-state index is 13.3. The molecule has 0 bridgehead atoms. The first-order valence-electron chi connectivity index (χ1n) is 8.54. The zero-order chi connectivity index (χ0) is 19.4. The van der Waals surface area contributed by atoms with Crippen LogP contribution in [0.3, 0.4) is 0 Å². The van der Waals surface area contributed by atoms with Crippen molar-refractivity contribution in [2.24, 2.45) is 7.05 Å². The Morgan fingerprint density at radius 2 is 2.00 bits per heavy atom. The first-order chi connectivity index (χ1) is 13.0. The third-order valence-corrected chi connectivity index (χ3v) is 4.11. The van der Waals surface area contributed by atoms with Crippen LogP contribution in [0.1, 0.15) is 34.1 Å². The Kier molecular flexibility index (Phi) is 5.40. The summed E-state index contributed by atoms with van der Waals surface area (Å²) in [6.07, 6.45) is 2.69. The molecule has 0 atom stereocenters. The molecule has 27 heavy (non-hydrogen) atoms. The van der Waals surface area contributed by atoms with E-state index in [2.05, 4.69) is 15.4 Å². The van der Waals surface area contributed by atoms with Crippen LogP contribution in [-0.4, -0.2) is 20.7 Å². The van der Waals surface area contributed by atoms with Crippen molar-refractivity contribution in [3.63, 3.8) is 0 Å². The molecule has 138 valence electrons. The van der Waals surface area contributed by atoms with Crippen LogP contribution in [0.5, 0.6) is 0 Å². The number of hydrogen-bond acceptors (Lipinski definition) is 4. The fraction of sp³-hybridized carbons (Fsp3) is 0.200. The maximum atomic E-state index is 13.3. The van der Waals surface area contributed by atoms with Gasteiger partial charge < -0.3 is 5.32 Å². The first kappa shape index (κ1) is 18.4. The number of halogens is 1. The van der Waals surface area contributed by atoms with Gasteiger partial charge in [0.05, 0.1) is 0 Å². The van der Waals surface area contributed by atoms with Crippen molar-refractivity contribution in [3.8, 4) is 0 Å². The Morgan fingerprint density at radius 1 is 1.19 bits per heavy atom. The fourth-order valence-corrected chi connectivity index (χ4v) is 2.70. The highest BCUT2D eigenvalue weighted by molar-refractivity contribution is 6.02. The minimum atomic E-state index is -0.439. The van der Waals surface area contributed by atoms with Gasteiger partial charge in [0.15, 0.2) is 0 Å². The lowest BCUT2D eigenvalue weighted by Crippen LogP contribution is -2.27. The summed E-state index contributed by atoms with van der Waals surface area (Å²) in [7, 11) is 1.51. The Bertz CT molecular complexity index is 1030. The monoisotopic (exact) mass is 366 g/mol. The average molecular weight is 366 g/mol. The lowest BCUT2D eigenvalue weighted by molar-refractivity contribution is 0.101. The van der Waals surface area contributed by atoms with E-state index in [1.807, 2.05) is 19.1 Å². The second kappa shape index (κ2) is 7.90. The Morgan fingerprint density at radius 3 is 2.67 bits per heavy atom. The predicted molar refractivity (Wildman–Crippen MR) is 100 cm³/mol. The number of aromatic nitrogens is 3. The van der Waals surface area contributed by atoms with Gasteiger partial charge >= 0.3 is 0 Å². The highest BCUT2D eigenvalue weighted by Gasteiger charge is 2.13. The van der Waals surface area contributed by atoms with Crippen LogP contribution in [0, 0.1) is 5.82 Å². The largest absolute Gasteiger partial charge is 0.305 e. The average Bonchev–Trinajstić information content (AvgIpc) is 2.65. The van der Waals surface area contributed by atoms with E-state index in [-0.39, 0.29) is 17.1 Å². The maximum Gasteiger partial charge on any atom is 0.277 e. The van der Waals surface area contributed by atoms with E-state index in [1.54, 1.807) is 18.3 Å². The van der Waals surface area contributed by atoms with Gasteiger partial charge in [-0.3, -0.25) is 9.59 Å². The van der Waals surface area contributed by atoms with Gasteiger partial charge in [0, 0.05) is 18.8 Å². The number of rotatable bonds is 5. The summed E-state index contributed by atoms with van der Waals surface area (Å²) >= 11 is 0. The molecule has 2 heterocycles. The van der Waals surface area contributed by atoms with E-state index in [1.165, 1.54) is 25.2 Å². The molecule has 3 aromatic rings. The molecular weight excluding hydrogens is 347 g/mol. The number of anilines is 1. The van der Waals surface area contributed by atoms with Crippen molar-refractivity contribution < 1.29 is 9.18 Å². The van der Waals surface area contributed by atoms with Gasteiger partial charge in [-0.25, -0.2) is 14.1 Å². The summed E-state index contributed by atoms with van der Waals surface area (Å²) in [5.41, 5.74) is 2.20. The van der Waals surface area contributed by atoms with Gasteiger partial charge in [0.2, 0.25) is 0 Å². The minimum absolute atomic E-state index is 0.152. The van der Waals surface area contributed by atoms with E-state index in [4.69, 9.17) is 0 Å². The number of carbonyl (C=O) groups is 1. The molecule has 0 radical (unpaired) electrons. The quantitative estimate of drug-likeness (QED) is 0.753. The molecule has 2 aromatic heterocycles. The van der Waals surface area contributed by atoms with Crippen LogP contribution >= 0.6 is 0 Å². The summed E-state index contributed by atoms with van der Waals surface area (Å²) in [4.78, 5) is 28.5. The third-order valence-electron chi connectivity index (χ3n) is 4.11. The molecule has 7 heteroatoms. The fourth-order valence-electron chi connectivity index (χ4n) is 2.70. The second-order valence-electron chi connectivity index (χ2n) is 6.15. The number of carbonyl (C=O) groups excluding carboxylic acids is 1. The smallest absolute Gasteiger partial charge is 0.277 e. The van der Waals surface area contributed by atoms with Crippen molar-refractivity contribution in [1.82, 2.24) is 14.8 Å². The van der Waals surface area contributed by atoms with Crippen LogP contribution < -0.4 is 10.9 Å². The van der Waals surface area contributed by atoms with Gasteiger partial charge in [0.1, 0.15) is 17.3 Å². The summed E-state index contributed by atoms with van der Waals surface area (Å²) < 4.78 is 14.4. The third kappa shape index (κ3) is 4.44. The molecule has 1 N–H and O–H groups in total. The van der Waals surface area contributed by atoms with Gasteiger partial charge in [0.25, 0.3) is 11.5 Å². The van der Waals surface area contributed by atoms with Crippen molar-refractivity contribution in [2.45, 2.75) is 19.8 Å². The SMILES string of the molecule is CCc1cc(C(=O)Nc2ccc(Cc3cccc(F)c3)cn2)nn(C)c1=O. The summed E-state index contributed by atoms with van der Waals surface area (Å²) in [6, 6.07) is 11.4. The Hall–Kier alpha value is -3.35. The van der Waals surface area contributed by atoms with Crippen molar-refractivity contribution >= 4 is 11.7 Å². The van der Waals surface area contributed by atoms with Crippen LogP contribution in [0.25, 0.3) is 0 Å². The molecule has 0 spiro atoms. The van der Waals surface area contributed by atoms with Crippen LogP contribution in [-0.2, 0) is 19.9 Å². The number of nitrogens with one attached hydrogen (secondary N) is 1. The highest BCUT2D eigenvalue weighted by atomic mass is 19.1. The molecule has 0 aliphatic heterocycles. The molecule has 0 unspecified atom stereocenters. The standard InChI is InChI=1S/C20H19FN4O2/c1-3-15-11-17(24-25(2)20(15)27)19(26)23-18-8-7-14(12-22-18)9-13-5-4-6-16(21)10-13/h4-8,10-12H,3,9H2,1-2H3,(H,22,23,26). The molecular formula is C20H19FN4O2. The van der Waals surface area contributed by atoms with Crippen LogP contribution in [0.15, 0.2) is 53.5 Å². The summed E-state index contributed by atoms with van der Waals surface area (Å²) in [6.45, 7) is 1.84. The summed E-state index contributed by atoms with van der Waals surface area (Å²) in [5.74, 6) is -0.345. The molecule has 0 saturated carbocycles. The van der Waals surface area contributed by atoms with Crippen LogP contribution in [0.4, 0.5) is 10.2 Å². The molecule has 0 fully saturated rings. The molecule has 0 aliphatic carbocycles. The Labute approximate surface area is 155 Å². The zero-order valence-electron chi connectivity index (χ0n) is 15.1. The van der Waals surface area contributed by atoms with Crippen molar-refractivity contribution in [2.75, 3.05) is 5.32 Å².